The van der Waals surface area contributed by atoms with E-state index in [0.717, 1.165) is 29.6 Å². The van der Waals surface area contributed by atoms with Gasteiger partial charge in [-0.15, -0.1) is 0 Å². The fourth-order valence-electron chi connectivity index (χ4n) is 2.12. The Morgan fingerprint density at radius 3 is 2.89 bits per heavy atom. The van der Waals surface area contributed by atoms with E-state index in [1.807, 2.05) is 19.1 Å². The Morgan fingerprint density at radius 2 is 2.11 bits per heavy atom. The van der Waals surface area contributed by atoms with Crippen LogP contribution in [0.15, 0.2) is 29.1 Å². The average molecular weight is 245 g/mol. The minimum absolute atomic E-state index is 0.0425. The van der Waals surface area contributed by atoms with E-state index in [-0.39, 0.29) is 5.56 Å². The number of unbranched alkanes of at least 4 members (excludes halogenated alkanes) is 1. The van der Waals surface area contributed by atoms with E-state index < -0.39 is 0 Å². The van der Waals surface area contributed by atoms with E-state index in [4.69, 9.17) is 0 Å². The number of hydrogen-bond donors (Lipinski definition) is 2. The molecule has 0 aliphatic rings. The van der Waals surface area contributed by atoms with Crippen LogP contribution in [0.2, 0.25) is 0 Å². The maximum atomic E-state index is 11.9. The van der Waals surface area contributed by atoms with Crippen LogP contribution in [-0.2, 0) is 6.54 Å². The number of nitrogens with two attached hydrogens (primary N) is 1. The molecule has 1 heterocycles. The first-order chi connectivity index (χ1) is 8.70. The summed E-state index contributed by atoms with van der Waals surface area (Å²) in [6, 6.07) is 8.17. The molecule has 3 heteroatoms. The van der Waals surface area contributed by atoms with Gasteiger partial charge in [-0.3, -0.25) is 4.79 Å². The lowest BCUT2D eigenvalue weighted by Crippen LogP contribution is -2.82. The zero-order valence-electron chi connectivity index (χ0n) is 11.1. The van der Waals surface area contributed by atoms with Crippen LogP contribution in [0.1, 0.15) is 30.9 Å². The summed E-state index contributed by atoms with van der Waals surface area (Å²) in [4.78, 5) is 14.9. The van der Waals surface area contributed by atoms with Gasteiger partial charge in [0.1, 0.15) is 6.54 Å². The summed E-state index contributed by atoms with van der Waals surface area (Å²) in [7, 11) is 0. The SMILES string of the molecule is CCCC[NH2+]Cc1cc2ccc(C)cc2[nH]c1=O. The van der Waals surface area contributed by atoms with Crippen LogP contribution in [0.25, 0.3) is 10.9 Å². The maximum absolute atomic E-state index is 11.9. The normalized spacial score (nSPS) is 11.0. The van der Waals surface area contributed by atoms with Crippen molar-refractivity contribution in [2.24, 2.45) is 0 Å². The summed E-state index contributed by atoms with van der Waals surface area (Å²) in [5.74, 6) is 0. The summed E-state index contributed by atoms with van der Waals surface area (Å²) >= 11 is 0. The Hall–Kier alpha value is -1.61. The minimum atomic E-state index is 0.0425. The van der Waals surface area contributed by atoms with Crippen LogP contribution in [0.5, 0.6) is 0 Å². The second-order valence-electron chi connectivity index (χ2n) is 4.85. The summed E-state index contributed by atoms with van der Waals surface area (Å²) in [5.41, 5.74) is 3.00. The van der Waals surface area contributed by atoms with Gasteiger partial charge in [0.2, 0.25) is 0 Å². The van der Waals surface area contributed by atoms with Gasteiger partial charge in [0.15, 0.2) is 0 Å². The molecule has 0 amide bonds. The summed E-state index contributed by atoms with van der Waals surface area (Å²) in [6.07, 6.45) is 2.40. The van der Waals surface area contributed by atoms with Crippen LogP contribution in [0.3, 0.4) is 0 Å². The Bertz CT molecular complexity index is 587. The van der Waals surface area contributed by atoms with E-state index >= 15 is 0 Å². The average Bonchev–Trinajstić information content (AvgIpc) is 2.35. The molecule has 18 heavy (non-hydrogen) atoms. The number of hydrogen-bond acceptors (Lipinski definition) is 1. The molecule has 0 fully saturated rings. The topological polar surface area (TPSA) is 49.5 Å². The van der Waals surface area contributed by atoms with Gasteiger partial charge < -0.3 is 10.3 Å². The molecular formula is C15H21N2O+. The van der Waals surface area contributed by atoms with Crippen molar-refractivity contribution in [1.29, 1.82) is 0 Å². The van der Waals surface area contributed by atoms with Gasteiger partial charge >= 0.3 is 0 Å². The predicted octanol–water partition coefficient (Wildman–Crippen LogP) is 1.70. The Morgan fingerprint density at radius 1 is 1.28 bits per heavy atom. The lowest BCUT2D eigenvalue weighted by molar-refractivity contribution is -0.671. The fraction of sp³-hybridized carbons (Fsp3) is 0.400. The van der Waals surface area contributed by atoms with Gasteiger partial charge in [0, 0.05) is 5.52 Å². The number of nitrogens with one attached hydrogen (secondary N) is 1. The highest BCUT2D eigenvalue weighted by Gasteiger charge is 2.04. The monoisotopic (exact) mass is 245 g/mol. The molecule has 0 bridgehead atoms. The molecule has 2 aromatic rings. The summed E-state index contributed by atoms with van der Waals surface area (Å²) in [5, 5.41) is 3.31. The second kappa shape index (κ2) is 5.83. The van der Waals surface area contributed by atoms with E-state index in [9.17, 15) is 4.79 Å². The molecule has 0 unspecified atom stereocenters. The number of fused-ring (bicyclic) bond motifs is 1. The first kappa shape index (κ1) is 12.8. The second-order valence-corrected chi connectivity index (χ2v) is 4.85. The van der Waals surface area contributed by atoms with Crippen molar-refractivity contribution in [2.45, 2.75) is 33.2 Å². The minimum Gasteiger partial charge on any atom is -0.342 e. The van der Waals surface area contributed by atoms with Crippen LogP contribution < -0.4 is 10.9 Å². The van der Waals surface area contributed by atoms with E-state index in [0.29, 0.717) is 0 Å². The molecule has 0 saturated carbocycles. The van der Waals surface area contributed by atoms with Crippen molar-refractivity contribution in [3.05, 3.63) is 45.7 Å². The third-order valence-corrected chi connectivity index (χ3v) is 3.20. The molecule has 2 rings (SSSR count). The Labute approximate surface area is 107 Å². The van der Waals surface area contributed by atoms with E-state index in [1.54, 1.807) is 0 Å². The quantitative estimate of drug-likeness (QED) is 0.774. The standard InChI is InChI=1S/C15H20N2O/c1-3-4-7-16-10-13-9-12-6-5-11(2)8-14(12)17-15(13)18/h5-6,8-9,16H,3-4,7,10H2,1-2H3,(H,17,18)/p+1. The molecule has 1 aromatic carbocycles. The molecule has 0 atom stereocenters. The zero-order valence-corrected chi connectivity index (χ0v) is 11.1. The predicted molar refractivity (Wildman–Crippen MR) is 74.7 cm³/mol. The van der Waals surface area contributed by atoms with Crippen LogP contribution >= 0.6 is 0 Å². The van der Waals surface area contributed by atoms with Crippen LogP contribution in [0.4, 0.5) is 0 Å². The third kappa shape index (κ3) is 2.99. The van der Waals surface area contributed by atoms with Crippen molar-refractivity contribution in [2.75, 3.05) is 6.54 Å². The molecule has 0 aliphatic carbocycles. The van der Waals surface area contributed by atoms with Crippen molar-refractivity contribution in [3.63, 3.8) is 0 Å². The van der Waals surface area contributed by atoms with Gasteiger partial charge in [0.05, 0.1) is 12.1 Å². The molecule has 1 aromatic heterocycles. The largest absolute Gasteiger partial charge is 0.342 e. The number of benzene rings is 1. The third-order valence-electron chi connectivity index (χ3n) is 3.20. The highest BCUT2D eigenvalue weighted by Crippen LogP contribution is 2.12. The van der Waals surface area contributed by atoms with Crippen LogP contribution in [-0.4, -0.2) is 11.5 Å². The van der Waals surface area contributed by atoms with Gasteiger partial charge in [0.25, 0.3) is 5.56 Å². The maximum Gasteiger partial charge on any atom is 0.257 e. The van der Waals surface area contributed by atoms with E-state index in [1.165, 1.54) is 18.4 Å². The number of aryl methyl sites for hydroxylation is 1. The number of H-pyrrole nitrogens is 1. The Balaban J connectivity index is 2.21. The first-order valence-corrected chi connectivity index (χ1v) is 6.65. The first-order valence-electron chi connectivity index (χ1n) is 6.65. The Kier molecular flexibility index (Phi) is 4.15. The van der Waals surface area contributed by atoms with Crippen molar-refractivity contribution in [1.82, 2.24) is 4.98 Å². The van der Waals surface area contributed by atoms with Crippen LogP contribution in [0, 0.1) is 6.92 Å². The number of rotatable bonds is 5. The number of pyridine rings is 1. The summed E-state index contributed by atoms with van der Waals surface area (Å²) in [6.45, 7) is 6.06. The number of quaternary nitrogens is 1. The van der Waals surface area contributed by atoms with Gasteiger partial charge in [-0.1, -0.05) is 25.5 Å². The van der Waals surface area contributed by atoms with Crippen molar-refractivity contribution in [3.8, 4) is 0 Å². The van der Waals surface area contributed by atoms with Crippen molar-refractivity contribution >= 4 is 10.9 Å². The van der Waals surface area contributed by atoms with Gasteiger partial charge in [-0.2, -0.15) is 0 Å². The zero-order chi connectivity index (χ0) is 13.0. The molecule has 3 nitrogen and oxygen atoms in total. The summed E-state index contributed by atoms with van der Waals surface area (Å²) < 4.78 is 0. The smallest absolute Gasteiger partial charge is 0.257 e. The highest BCUT2D eigenvalue weighted by molar-refractivity contribution is 5.79. The fourth-order valence-corrected chi connectivity index (χ4v) is 2.12. The highest BCUT2D eigenvalue weighted by atomic mass is 16.1. The van der Waals surface area contributed by atoms with E-state index in [2.05, 4.69) is 29.4 Å². The van der Waals surface area contributed by atoms with Gasteiger partial charge in [-0.05, 0) is 36.4 Å². The van der Waals surface area contributed by atoms with Crippen molar-refractivity contribution < 1.29 is 5.32 Å². The van der Waals surface area contributed by atoms with Gasteiger partial charge in [-0.25, -0.2) is 0 Å². The molecule has 0 aliphatic heterocycles. The molecule has 96 valence electrons. The number of aromatic amines is 1. The molecular weight excluding hydrogens is 224 g/mol. The lowest BCUT2D eigenvalue weighted by Gasteiger charge is -2.04. The molecule has 3 N–H and O–H groups in total. The molecule has 0 spiro atoms. The molecule has 0 saturated heterocycles. The lowest BCUT2D eigenvalue weighted by atomic mass is 10.1. The number of aromatic nitrogens is 1. The molecule has 0 radical (unpaired) electrons.